The molecule has 0 saturated heterocycles. The normalized spacial score (nSPS) is 15.8. The summed E-state index contributed by atoms with van der Waals surface area (Å²) < 4.78 is 0. The standard InChI is InChI=1S/C16H13NS.C2H6/c1-11-13-7-4-5-12(9-17)15(13)10-18-16-8-3-2-6-14(11)16;1-2/h2-8,11H,10H2,1H3;1-2H3. The van der Waals surface area contributed by atoms with Crippen molar-refractivity contribution in [3.8, 4) is 6.07 Å². The number of nitriles is 1. The lowest BCUT2D eigenvalue weighted by Gasteiger charge is -2.15. The van der Waals surface area contributed by atoms with E-state index in [1.165, 1.54) is 21.6 Å². The average molecular weight is 281 g/mol. The highest BCUT2D eigenvalue weighted by Gasteiger charge is 2.21. The number of nitrogens with zero attached hydrogens (tertiary/aromatic N) is 1. The first kappa shape index (κ1) is 14.7. The van der Waals surface area contributed by atoms with Crippen molar-refractivity contribution >= 4 is 11.8 Å². The molecular weight excluding hydrogens is 262 g/mol. The molecule has 3 rings (SSSR count). The lowest BCUT2D eigenvalue weighted by Crippen LogP contribution is -2.00. The van der Waals surface area contributed by atoms with Gasteiger partial charge in [0.2, 0.25) is 0 Å². The Balaban J connectivity index is 0.000000704. The summed E-state index contributed by atoms with van der Waals surface area (Å²) in [5, 5.41) is 9.23. The van der Waals surface area contributed by atoms with Crippen molar-refractivity contribution in [2.75, 3.05) is 0 Å². The summed E-state index contributed by atoms with van der Waals surface area (Å²) >= 11 is 1.83. The molecule has 1 aliphatic heterocycles. The molecule has 2 aromatic carbocycles. The molecular formula is C18H19NS. The molecule has 0 aromatic heterocycles. The monoisotopic (exact) mass is 281 g/mol. The van der Waals surface area contributed by atoms with E-state index in [0.29, 0.717) is 5.92 Å². The van der Waals surface area contributed by atoms with Crippen LogP contribution in [0.3, 0.4) is 0 Å². The summed E-state index contributed by atoms with van der Waals surface area (Å²) in [5.41, 5.74) is 4.69. The van der Waals surface area contributed by atoms with E-state index in [1.54, 1.807) is 0 Å². The minimum absolute atomic E-state index is 0.361. The van der Waals surface area contributed by atoms with Gasteiger partial charge in [0.25, 0.3) is 0 Å². The summed E-state index contributed by atoms with van der Waals surface area (Å²) in [6, 6.07) is 16.9. The molecule has 0 bridgehead atoms. The third-order valence-corrected chi connectivity index (χ3v) is 4.67. The van der Waals surface area contributed by atoms with Crippen molar-refractivity contribution in [3.05, 3.63) is 64.7 Å². The fraction of sp³-hybridized carbons (Fsp3) is 0.278. The summed E-state index contributed by atoms with van der Waals surface area (Å²) in [7, 11) is 0. The van der Waals surface area contributed by atoms with Gasteiger partial charge in [-0.05, 0) is 28.8 Å². The Hall–Kier alpha value is -1.72. The molecule has 2 heteroatoms. The molecule has 0 aliphatic carbocycles. The Labute approximate surface area is 125 Å². The predicted octanol–water partition coefficient (Wildman–Crippen LogP) is 5.34. The number of benzene rings is 2. The van der Waals surface area contributed by atoms with Gasteiger partial charge in [-0.25, -0.2) is 0 Å². The molecule has 102 valence electrons. The molecule has 1 nitrogen and oxygen atoms in total. The van der Waals surface area contributed by atoms with Gasteiger partial charge in [-0.15, -0.1) is 11.8 Å². The molecule has 1 heterocycles. The lowest BCUT2D eigenvalue weighted by atomic mass is 9.88. The molecule has 0 radical (unpaired) electrons. The highest BCUT2D eigenvalue weighted by Crippen LogP contribution is 2.41. The van der Waals surface area contributed by atoms with Crippen LogP contribution in [-0.2, 0) is 5.75 Å². The Morgan fingerprint density at radius 1 is 1.05 bits per heavy atom. The maximum Gasteiger partial charge on any atom is 0.0994 e. The number of rotatable bonds is 0. The van der Waals surface area contributed by atoms with E-state index in [1.807, 2.05) is 37.7 Å². The second-order valence-corrected chi connectivity index (χ2v) is 5.55. The summed E-state index contributed by atoms with van der Waals surface area (Å²) in [5.74, 6) is 1.25. The van der Waals surface area contributed by atoms with Gasteiger partial charge in [0, 0.05) is 16.6 Å². The maximum absolute atomic E-state index is 9.23. The zero-order chi connectivity index (χ0) is 14.5. The molecule has 0 saturated carbocycles. The zero-order valence-electron chi connectivity index (χ0n) is 12.2. The van der Waals surface area contributed by atoms with Crippen LogP contribution in [0.25, 0.3) is 0 Å². The molecule has 2 aromatic rings. The van der Waals surface area contributed by atoms with E-state index < -0.39 is 0 Å². The van der Waals surface area contributed by atoms with Crippen LogP contribution in [0.15, 0.2) is 47.4 Å². The number of fused-ring (bicyclic) bond motifs is 2. The van der Waals surface area contributed by atoms with E-state index in [2.05, 4.69) is 43.3 Å². The Bertz CT molecular complexity index is 640. The van der Waals surface area contributed by atoms with Gasteiger partial charge >= 0.3 is 0 Å². The molecule has 0 amide bonds. The Morgan fingerprint density at radius 3 is 2.50 bits per heavy atom. The average Bonchev–Trinajstić information content (AvgIpc) is 2.67. The quantitative estimate of drug-likeness (QED) is 0.650. The van der Waals surface area contributed by atoms with Gasteiger partial charge < -0.3 is 0 Å². The van der Waals surface area contributed by atoms with E-state index in [0.717, 1.165) is 11.3 Å². The molecule has 0 N–H and O–H groups in total. The fourth-order valence-corrected chi connectivity index (χ4v) is 3.77. The fourth-order valence-electron chi connectivity index (χ4n) is 2.56. The van der Waals surface area contributed by atoms with Crippen LogP contribution in [0, 0.1) is 11.3 Å². The zero-order valence-corrected chi connectivity index (χ0v) is 13.0. The highest BCUT2D eigenvalue weighted by atomic mass is 32.2. The third-order valence-electron chi connectivity index (χ3n) is 3.56. The van der Waals surface area contributed by atoms with Gasteiger partial charge in [-0.2, -0.15) is 5.26 Å². The SMILES string of the molecule is CC.CC1c2ccccc2SCc2c(C#N)cccc21. The highest BCUT2D eigenvalue weighted by molar-refractivity contribution is 7.98. The van der Waals surface area contributed by atoms with Crippen LogP contribution in [0.2, 0.25) is 0 Å². The second kappa shape index (κ2) is 6.63. The molecule has 0 fully saturated rings. The molecule has 1 aliphatic rings. The van der Waals surface area contributed by atoms with Crippen LogP contribution in [0.1, 0.15) is 48.9 Å². The van der Waals surface area contributed by atoms with E-state index in [-0.39, 0.29) is 0 Å². The summed E-state index contributed by atoms with van der Waals surface area (Å²) in [6.45, 7) is 6.23. The van der Waals surface area contributed by atoms with Gasteiger partial charge in [0.15, 0.2) is 0 Å². The van der Waals surface area contributed by atoms with Crippen LogP contribution in [-0.4, -0.2) is 0 Å². The van der Waals surface area contributed by atoms with Crippen molar-refractivity contribution in [3.63, 3.8) is 0 Å². The first-order chi connectivity index (χ1) is 9.81. The van der Waals surface area contributed by atoms with E-state index in [9.17, 15) is 5.26 Å². The Morgan fingerprint density at radius 2 is 1.75 bits per heavy atom. The van der Waals surface area contributed by atoms with E-state index in [4.69, 9.17) is 0 Å². The summed E-state index contributed by atoms with van der Waals surface area (Å²) in [6.07, 6.45) is 0. The lowest BCUT2D eigenvalue weighted by molar-refractivity contribution is 0.889. The smallest absolute Gasteiger partial charge is 0.0994 e. The van der Waals surface area contributed by atoms with Gasteiger partial charge in [0.1, 0.15) is 0 Å². The van der Waals surface area contributed by atoms with Crippen molar-refractivity contribution < 1.29 is 0 Å². The van der Waals surface area contributed by atoms with Crippen LogP contribution in [0.4, 0.5) is 0 Å². The second-order valence-electron chi connectivity index (χ2n) is 4.53. The Kier molecular flexibility index (Phi) is 4.87. The first-order valence-electron chi connectivity index (χ1n) is 7.05. The minimum Gasteiger partial charge on any atom is -0.192 e. The van der Waals surface area contributed by atoms with Crippen molar-refractivity contribution in [2.45, 2.75) is 37.3 Å². The molecule has 1 unspecified atom stereocenters. The van der Waals surface area contributed by atoms with E-state index >= 15 is 0 Å². The predicted molar refractivity (Wildman–Crippen MR) is 86.0 cm³/mol. The minimum atomic E-state index is 0.361. The van der Waals surface area contributed by atoms with Crippen molar-refractivity contribution in [1.82, 2.24) is 0 Å². The van der Waals surface area contributed by atoms with Crippen molar-refractivity contribution in [1.29, 1.82) is 5.26 Å². The van der Waals surface area contributed by atoms with Gasteiger partial charge in [-0.3, -0.25) is 0 Å². The molecule has 1 atom stereocenters. The van der Waals surface area contributed by atoms with Crippen LogP contribution in [0.5, 0.6) is 0 Å². The van der Waals surface area contributed by atoms with Gasteiger partial charge in [-0.1, -0.05) is 51.1 Å². The largest absolute Gasteiger partial charge is 0.192 e. The number of thioether (sulfide) groups is 1. The number of hydrogen-bond acceptors (Lipinski definition) is 2. The van der Waals surface area contributed by atoms with Crippen LogP contribution < -0.4 is 0 Å². The van der Waals surface area contributed by atoms with Gasteiger partial charge in [0.05, 0.1) is 11.6 Å². The molecule has 20 heavy (non-hydrogen) atoms. The maximum atomic E-state index is 9.23. The molecule has 0 spiro atoms. The van der Waals surface area contributed by atoms with Crippen molar-refractivity contribution in [2.24, 2.45) is 0 Å². The topological polar surface area (TPSA) is 23.8 Å². The van der Waals surface area contributed by atoms with Crippen LogP contribution >= 0.6 is 11.8 Å². The number of hydrogen-bond donors (Lipinski definition) is 0. The third kappa shape index (κ3) is 2.59. The summed E-state index contributed by atoms with van der Waals surface area (Å²) in [4.78, 5) is 1.34. The first-order valence-corrected chi connectivity index (χ1v) is 8.03.